The van der Waals surface area contributed by atoms with E-state index in [4.69, 9.17) is 0 Å². The van der Waals surface area contributed by atoms with Gasteiger partial charge in [0.25, 0.3) is 0 Å². The summed E-state index contributed by atoms with van der Waals surface area (Å²) < 4.78 is 2.11. The first kappa shape index (κ1) is 13.9. The van der Waals surface area contributed by atoms with Crippen LogP contribution in [0.5, 0.6) is 0 Å². The number of rotatable bonds is 5. The van der Waals surface area contributed by atoms with E-state index in [9.17, 15) is 0 Å². The highest BCUT2D eigenvalue weighted by atomic mass is 32.2. The molecule has 0 aromatic carbocycles. The highest BCUT2D eigenvalue weighted by Gasteiger charge is 2.23. The minimum Gasteiger partial charge on any atom is -0.307 e. The lowest BCUT2D eigenvalue weighted by molar-refractivity contribution is 0.378. The van der Waals surface area contributed by atoms with Crippen molar-refractivity contribution in [2.45, 2.75) is 63.9 Å². The molecule has 1 aliphatic carbocycles. The molecule has 0 radical (unpaired) electrons. The van der Waals surface area contributed by atoms with Crippen molar-refractivity contribution in [2.75, 3.05) is 6.26 Å². The fourth-order valence-electron chi connectivity index (χ4n) is 2.86. The fraction of sp³-hybridized carbons (Fsp3) is 0.786. The Kier molecular flexibility index (Phi) is 5.13. The summed E-state index contributed by atoms with van der Waals surface area (Å²) in [5, 5.41) is 9.04. The first-order valence-electron chi connectivity index (χ1n) is 7.04. The van der Waals surface area contributed by atoms with E-state index >= 15 is 0 Å². The van der Waals surface area contributed by atoms with E-state index < -0.39 is 0 Å². The van der Waals surface area contributed by atoms with Crippen LogP contribution in [0.4, 0.5) is 0 Å². The van der Waals surface area contributed by atoms with Crippen LogP contribution in [0.2, 0.25) is 0 Å². The van der Waals surface area contributed by atoms with Gasteiger partial charge in [0.15, 0.2) is 0 Å². The molecular weight excluding hydrogens is 242 g/mol. The van der Waals surface area contributed by atoms with Crippen LogP contribution < -0.4 is 5.32 Å². The fourth-order valence-corrected chi connectivity index (χ4v) is 3.83. The zero-order valence-corrected chi connectivity index (χ0v) is 12.6. The molecule has 3 nitrogen and oxygen atoms in total. The van der Waals surface area contributed by atoms with E-state index in [1.54, 1.807) is 0 Å². The van der Waals surface area contributed by atoms with Crippen LogP contribution in [0, 0.1) is 6.92 Å². The van der Waals surface area contributed by atoms with Crippen molar-refractivity contribution in [3.05, 3.63) is 17.5 Å². The Hall–Kier alpha value is -0.480. The van der Waals surface area contributed by atoms with Gasteiger partial charge in [-0.25, -0.2) is 0 Å². The van der Waals surface area contributed by atoms with E-state index in [1.165, 1.54) is 31.4 Å². The molecule has 0 amide bonds. The number of hydrogen-bond acceptors (Lipinski definition) is 3. The maximum atomic E-state index is 4.50. The van der Waals surface area contributed by atoms with E-state index in [0.29, 0.717) is 6.04 Å². The lowest BCUT2D eigenvalue weighted by Gasteiger charge is -2.31. The van der Waals surface area contributed by atoms with Gasteiger partial charge in [-0.2, -0.15) is 16.9 Å². The monoisotopic (exact) mass is 267 g/mol. The molecule has 0 spiro atoms. The highest BCUT2D eigenvalue weighted by molar-refractivity contribution is 7.99. The summed E-state index contributed by atoms with van der Waals surface area (Å²) in [6.45, 7) is 6.14. The molecule has 0 bridgehead atoms. The van der Waals surface area contributed by atoms with Crippen molar-refractivity contribution in [1.29, 1.82) is 0 Å². The van der Waals surface area contributed by atoms with Gasteiger partial charge in [-0.1, -0.05) is 12.8 Å². The number of aryl methyl sites for hydroxylation is 2. The normalized spacial score (nSPS) is 24.4. The van der Waals surface area contributed by atoms with Gasteiger partial charge < -0.3 is 5.32 Å². The molecule has 0 aliphatic heterocycles. The van der Waals surface area contributed by atoms with E-state index in [0.717, 1.165) is 24.0 Å². The van der Waals surface area contributed by atoms with E-state index in [-0.39, 0.29) is 0 Å². The van der Waals surface area contributed by atoms with Gasteiger partial charge in [-0.3, -0.25) is 4.68 Å². The van der Waals surface area contributed by atoms with E-state index in [1.807, 2.05) is 11.8 Å². The Morgan fingerprint density at radius 2 is 2.22 bits per heavy atom. The van der Waals surface area contributed by atoms with Gasteiger partial charge in [0, 0.05) is 24.4 Å². The molecule has 2 unspecified atom stereocenters. The summed E-state index contributed by atoms with van der Waals surface area (Å²) >= 11 is 2.02. The van der Waals surface area contributed by atoms with Crippen molar-refractivity contribution in [3.63, 3.8) is 0 Å². The molecule has 1 aromatic heterocycles. The standard InChI is InChI=1S/C14H25N3S/c1-4-17-12(9-11(2)16-17)10-15-13-7-5-6-8-14(13)18-3/h9,13-15H,4-8,10H2,1-3H3. The van der Waals surface area contributed by atoms with Gasteiger partial charge in [0.1, 0.15) is 0 Å². The molecule has 2 atom stereocenters. The molecular formula is C14H25N3S. The largest absolute Gasteiger partial charge is 0.307 e. The Balaban J connectivity index is 1.93. The van der Waals surface area contributed by atoms with Gasteiger partial charge in [0.2, 0.25) is 0 Å². The van der Waals surface area contributed by atoms with E-state index in [2.05, 4.69) is 41.3 Å². The summed E-state index contributed by atoms with van der Waals surface area (Å²) in [6, 6.07) is 2.88. The third kappa shape index (κ3) is 3.29. The minimum absolute atomic E-state index is 0.675. The lowest BCUT2D eigenvalue weighted by Crippen LogP contribution is -2.40. The molecule has 1 saturated carbocycles. The Morgan fingerprint density at radius 1 is 1.44 bits per heavy atom. The Labute approximate surface area is 115 Å². The van der Waals surface area contributed by atoms with Crippen molar-refractivity contribution in [2.24, 2.45) is 0 Å². The van der Waals surface area contributed by atoms with Crippen LogP contribution in [-0.4, -0.2) is 27.3 Å². The third-order valence-corrected chi connectivity index (χ3v) is 5.01. The van der Waals surface area contributed by atoms with Gasteiger partial charge in [0.05, 0.1) is 11.4 Å². The van der Waals surface area contributed by atoms with Crippen molar-refractivity contribution < 1.29 is 0 Å². The van der Waals surface area contributed by atoms with Crippen LogP contribution >= 0.6 is 11.8 Å². The van der Waals surface area contributed by atoms with Crippen molar-refractivity contribution in [1.82, 2.24) is 15.1 Å². The summed E-state index contributed by atoms with van der Waals surface area (Å²) in [4.78, 5) is 0. The average molecular weight is 267 g/mol. The van der Waals surface area contributed by atoms with Gasteiger partial charge in [-0.15, -0.1) is 0 Å². The third-order valence-electron chi connectivity index (χ3n) is 3.84. The summed E-state index contributed by atoms with van der Waals surface area (Å²) in [7, 11) is 0. The summed E-state index contributed by atoms with van der Waals surface area (Å²) in [5.41, 5.74) is 2.44. The highest BCUT2D eigenvalue weighted by Crippen LogP contribution is 2.27. The predicted octanol–water partition coefficient (Wildman–Crippen LogP) is 2.98. The SMILES string of the molecule is CCn1nc(C)cc1CNC1CCCCC1SC. The Morgan fingerprint density at radius 3 is 2.94 bits per heavy atom. The zero-order chi connectivity index (χ0) is 13.0. The Bertz CT molecular complexity index is 375. The first-order chi connectivity index (χ1) is 8.74. The van der Waals surface area contributed by atoms with Crippen LogP contribution in [0.25, 0.3) is 0 Å². The number of nitrogens with zero attached hydrogens (tertiary/aromatic N) is 2. The molecule has 1 heterocycles. The second-order valence-electron chi connectivity index (χ2n) is 5.14. The molecule has 2 rings (SSSR count). The molecule has 1 aromatic rings. The van der Waals surface area contributed by atoms with Crippen molar-refractivity contribution in [3.8, 4) is 0 Å². The smallest absolute Gasteiger partial charge is 0.0597 e. The topological polar surface area (TPSA) is 29.9 Å². The first-order valence-corrected chi connectivity index (χ1v) is 8.33. The average Bonchev–Trinajstić information content (AvgIpc) is 2.77. The molecule has 1 N–H and O–H groups in total. The van der Waals surface area contributed by atoms with Gasteiger partial charge in [-0.05, 0) is 39.0 Å². The molecule has 1 fully saturated rings. The van der Waals surface area contributed by atoms with Crippen molar-refractivity contribution >= 4 is 11.8 Å². The molecule has 102 valence electrons. The molecule has 4 heteroatoms. The molecule has 0 saturated heterocycles. The van der Waals surface area contributed by atoms with Crippen LogP contribution in [-0.2, 0) is 13.1 Å². The number of nitrogens with one attached hydrogen (secondary N) is 1. The second kappa shape index (κ2) is 6.62. The van der Waals surface area contributed by atoms with Crippen LogP contribution in [0.3, 0.4) is 0 Å². The minimum atomic E-state index is 0.675. The number of aromatic nitrogens is 2. The number of hydrogen-bond donors (Lipinski definition) is 1. The quantitative estimate of drug-likeness (QED) is 0.889. The predicted molar refractivity (Wildman–Crippen MR) is 79.0 cm³/mol. The van der Waals surface area contributed by atoms with Gasteiger partial charge >= 0.3 is 0 Å². The lowest BCUT2D eigenvalue weighted by atomic mass is 9.95. The number of thioether (sulfide) groups is 1. The second-order valence-corrected chi connectivity index (χ2v) is 6.22. The summed E-state index contributed by atoms with van der Waals surface area (Å²) in [6.07, 6.45) is 7.71. The zero-order valence-electron chi connectivity index (χ0n) is 11.8. The molecule has 18 heavy (non-hydrogen) atoms. The van der Waals surface area contributed by atoms with Crippen LogP contribution in [0.15, 0.2) is 6.07 Å². The maximum absolute atomic E-state index is 4.50. The summed E-state index contributed by atoms with van der Waals surface area (Å²) in [5.74, 6) is 0. The maximum Gasteiger partial charge on any atom is 0.0597 e. The molecule has 1 aliphatic rings. The van der Waals surface area contributed by atoms with Crippen LogP contribution in [0.1, 0.15) is 44.0 Å².